The number of aliphatic hydroxyl groups excluding tert-OH is 1. The summed E-state index contributed by atoms with van der Waals surface area (Å²) in [6, 6.07) is -0.898. The first-order valence-electron chi connectivity index (χ1n) is 5.83. The van der Waals surface area contributed by atoms with Gasteiger partial charge in [-0.05, 0) is 13.3 Å². The second-order valence-corrected chi connectivity index (χ2v) is 4.71. The minimum Gasteiger partial charge on any atom is -0.480 e. The Kier molecular flexibility index (Phi) is 3.35. The van der Waals surface area contributed by atoms with Crippen molar-refractivity contribution in [3.63, 3.8) is 0 Å². The quantitative estimate of drug-likeness (QED) is 0.680. The number of nitrogens with zero attached hydrogens (tertiary/aromatic N) is 1. The number of aliphatic carboxylic acids is 1. The normalized spacial score (nSPS) is 37.4. The number of carboxylic acid groups (broad SMARTS) is 1. The molecule has 6 heteroatoms. The van der Waals surface area contributed by atoms with Crippen molar-refractivity contribution in [1.82, 2.24) is 4.90 Å². The average Bonchev–Trinajstić information content (AvgIpc) is 2.83. The van der Waals surface area contributed by atoms with Gasteiger partial charge in [-0.1, -0.05) is 0 Å². The molecule has 0 bridgehead atoms. The maximum Gasteiger partial charge on any atom is 0.326 e. The van der Waals surface area contributed by atoms with Gasteiger partial charge in [-0.3, -0.25) is 4.79 Å². The third kappa shape index (κ3) is 2.28. The maximum atomic E-state index is 12.2. The van der Waals surface area contributed by atoms with Crippen molar-refractivity contribution in [3.8, 4) is 0 Å². The van der Waals surface area contributed by atoms with Crippen molar-refractivity contribution in [3.05, 3.63) is 0 Å². The predicted octanol–water partition coefficient (Wildman–Crippen LogP) is -0.542. The molecular formula is C11H17NO5. The standard InChI is InChI=1S/C11H17NO5/c1-6-8(2-3-17-6)10(14)12-5-7(13)4-9(12)11(15)16/h6-9,13H,2-5H2,1H3,(H,15,16)/t6?,7?,8?,9-/m0/s1. The lowest BCUT2D eigenvalue weighted by Crippen LogP contribution is -2.45. The van der Waals surface area contributed by atoms with Crippen LogP contribution in [0.3, 0.4) is 0 Å². The van der Waals surface area contributed by atoms with Crippen LogP contribution in [0.2, 0.25) is 0 Å². The molecule has 4 atom stereocenters. The Hall–Kier alpha value is -1.14. The first-order valence-corrected chi connectivity index (χ1v) is 5.83. The number of carbonyl (C=O) groups excluding carboxylic acids is 1. The highest BCUT2D eigenvalue weighted by molar-refractivity contribution is 5.86. The van der Waals surface area contributed by atoms with Gasteiger partial charge in [0.1, 0.15) is 6.04 Å². The van der Waals surface area contributed by atoms with Gasteiger partial charge in [0.05, 0.1) is 18.1 Å². The molecule has 2 aliphatic heterocycles. The maximum absolute atomic E-state index is 12.2. The number of ether oxygens (including phenoxy) is 1. The average molecular weight is 243 g/mol. The summed E-state index contributed by atoms with van der Waals surface area (Å²) in [5, 5.41) is 18.5. The van der Waals surface area contributed by atoms with Crippen molar-refractivity contribution >= 4 is 11.9 Å². The largest absolute Gasteiger partial charge is 0.480 e. The summed E-state index contributed by atoms with van der Waals surface area (Å²) in [6.45, 7) is 2.46. The monoisotopic (exact) mass is 243 g/mol. The highest BCUT2D eigenvalue weighted by Crippen LogP contribution is 2.27. The molecule has 0 aromatic rings. The van der Waals surface area contributed by atoms with E-state index in [0.29, 0.717) is 13.0 Å². The van der Waals surface area contributed by atoms with E-state index in [2.05, 4.69) is 0 Å². The number of carboxylic acids is 1. The van der Waals surface area contributed by atoms with Crippen LogP contribution in [0.1, 0.15) is 19.8 Å². The third-order valence-electron chi connectivity index (χ3n) is 3.54. The molecule has 17 heavy (non-hydrogen) atoms. The Balaban J connectivity index is 2.10. The smallest absolute Gasteiger partial charge is 0.326 e. The Morgan fingerprint density at radius 1 is 1.41 bits per heavy atom. The van der Waals surface area contributed by atoms with Gasteiger partial charge in [0.25, 0.3) is 0 Å². The Morgan fingerprint density at radius 3 is 2.65 bits per heavy atom. The Labute approximate surface area is 99.2 Å². The summed E-state index contributed by atoms with van der Waals surface area (Å²) in [5.41, 5.74) is 0. The highest BCUT2D eigenvalue weighted by atomic mass is 16.5. The van der Waals surface area contributed by atoms with E-state index in [-0.39, 0.29) is 30.9 Å². The van der Waals surface area contributed by atoms with Crippen LogP contribution in [0.5, 0.6) is 0 Å². The van der Waals surface area contributed by atoms with E-state index in [9.17, 15) is 14.7 Å². The molecule has 96 valence electrons. The van der Waals surface area contributed by atoms with Gasteiger partial charge in [0.2, 0.25) is 5.91 Å². The molecule has 3 unspecified atom stereocenters. The topological polar surface area (TPSA) is 87.1 Å². The molecule has 2 N–H and O–H groups in total. The number of rotatable bonds is 2. The fourth-order valence-corrected chi connectivity index (χ4v) is 2.56. The van der Waals surface area contributed by atoms with Crippen LogP contribution in [0, 0.1) is 5.92 Å². The third-order valence-corrected chi connectivity index (χ3v) is 3.54. The second kappa shape index (κ2) is 4.62. The van der Waals surface area contributed by atoms with E-state index in [1.54, 1.807) is 0 Å². The lowest BCUT2D eigenvalue weighted by Gasteiger charge is -2.25. The second-order valence-electron chi connectivity index (χ2n) is 4.71. The Bertz CT molecular complexity index is 332. The summed E-state index contributed by atoms with van der Waals surface area (Å²) in [6.07, 6.45) is -0.172. The number of hydrogen-bond acceptors (Lipinski definition) is 4. The fraction of sp³-hybridized carbons (Fsp3) is 0.818. The van der Waals surface area contributed by atoms with Crippen LogP contribution in [-0.4, -0.2) is 58.4 Å². The fourth-order valence-electron chi connectivity index (χ4n) is 2.56. The molecule has 6 nitrogen and oxygen atoms in total. The zero-order chi connectivity index (χ0) is 12.6. The molecule has 2 heterocycles. The molecule has 0 saturated carbocycles. The highest BCUT2D eigenvalue weighted by Gasteiger charge is 2.43. The zero-order valence-corrected chi connectivity index (χ0v) is 9.70. The molecule has 2 fully saturated rings. The molecule has 2 aliphatic rings. The minimum atomic E-state index is -1.05. The molecule has 2 saturated heterocycles. The van der Waals surface area contributed by atoms with Crippen molar-refractivity contribution in [2.75, 3.05) is 13.2 Å². The summed E-state index contributed by atoms with van der Waals surface area (Å²) in [7, 11) is 0. The summed E-state index contributed by atoms with van der Waals surface area (Å²) < 4.78 is 5.31. The van der Waals surface area contributed by atoms with Crippen LogP contribution in [0.15, 0.2) is 0 Å². The van der Waals surface area contributed by atoms with E-state index < -0.39 is 18.1 Å². The minimum absolute atomic E-state index is 0.110. The van der Waals surface area contributed by atoms with Gasteiger partial charge in [0, 0.05) is 19.6 Å². The first kappa shape index (κ1) is 12.3. The first-order chi connectivity index (χ1) is 8.00. The Morgan fingerprint density at radius 2 is 2.12 bits per heavy atom. The van der Waals surface area contributed by atoms with E-state index in [0.717, 1.165) is 0 Å². The number of β-amino-alcohol motifs (C(OH)–C–C–N with tert-alkyl or cyclic N) is 1. The van der Waals surface area contributed by atoms with Gasteiger partial charge in [0.15, 0.2) is 0 Å². The molecule has 0 aromatic heterocycles. The summed E-state index contributed by atoms with van der Waals surface area (Å²) >= 11 is 0. The molecular weight excluding hydrogens is 226 g/mol. The molecule has 1 amide bonds. The number of likely N-dealkylation sites (tertiary alicyclic amines) is 1. The van der Waals surface area contributed by atoms with Crippen molar-refractivity contribution < 1.29 is 24.5 Å². The van der Waals surface area contributed by atoms with E-state index in [4.69, 9.17) is 9.84 Å². The van der Waals surface area contributed by atoms with Gasteiger partial charge in [-0.15, -0.1) is 0 Å². The number of aliphatic hydroxyl groups is 1. The lowest BCUT2D eigenvalue weighted by molar-refractivity contribution is -0.150. The van der Waals surface area contributed by atoms with Gasteiger partial charge in [-0.25, -0.2) is 4.79 Å². The number of carbonyl (C=O) groups is 2. The van der Waals surface area contributed by atoms with Crippen molar-refractivity contribution in [1.29, 1.82) is 0 Å². The van der Waals surface area contributed by atoms with E-state index in [1.165, 1.54) is 4.90 Å². The molecule has 0 aromatic carbocycles. The summed E-state index contributed by atoms with van der Waals surface area (Å²) in [4.78, 5) is 24.5. The van der Waals surface area contributed by atoms with Crippen LogP contribution in [0.25, 0.3) is 0 Å². The van der Waals surface area contributed by atoms with Crippen LogP contribution < -0.4 is 0 Å². The van der Waals surface area contributed by atoms with Crippen LogP contribution >= 0.6 is 0 Å². The number of hydrogen-bond donors (Lipinski definition) is 2. The molecule has 0 spiro atoms. The van der Waals surface area contributed by atoms with Gasteiger partial charge in [-0.2, -0.15) is 0 Å². The SMILES string of the molecule is CC1OCCC1C(=O)N1CC(O)C[C@H]1C(=O)O. The van der Waals surface area contributed by atoms with E-state index in [1.807, 2.05) is 6.92 Å². The zero-order valence-electron chi connectivity index (χ0n) is 9.70. The van der Waals surface area contributed by atoms with Crippen LogP contribution in [0.4, 0.5) is 0 Å². The number of amides is 1. The predicted molar refractivity (Wildman–Crippen MR) is 57.3 cm³/mol. The van der Waals surface area contributed by atoms with Crippen LogP contribution in [-0.2, 0) is 14.3 Å². The van der Waals surface area contributed by atoms with Gasteiger partial charge < -0.3 is 19.8 Å². The molecule has 0 radical (unpaired) electrons. The molecule has 2 rings (SSSR count). The van der Waals surface area contributed by atoms with Crippen molar-refractivity contribution in [2.24, 2.45) is 5.92 Å². The van der Waals surface area contributed by atoms with Gasteiger partial charge >= 0.3 is 5.97 Å². The molecule has 0 aliphatic carbocycles. The summed E-state index contributed by atoms with van der Waals surface area (Å²) in [5.74, 6) is -1.54. The van der Waals surface area contributed by atoms with Crippen molar-refractivity contribution in [2.45, 2.75) is 38.0 Å². The lowest BCUT2D eigenvalue weighted by atomic mass is 10.0. The van der Waals surface area contributed by atoms with E-state index >= 15 is 0 Å².